The SMILES string of the molecule is CCOc1cc(CNC2CCCC2)cc(Br)c1OCC. The van der Waals surface area contributed by atoms with Crippen LogP contribution in [0.15, 0.2) is 16.6 Å². The topological polar surface area (TPSA) is 30.5 Å². The minimum atomic E-state index is 0.637. The van der Waals surface area contributed by atoms with Crippen LogP contribution < -0.4 is 14.8 Å². The van der Waals surface area contributed by atoms with Crippen LogP contribution in [0.3, 0.4) is 0 Å². The number of nitrogens with one attached hydrogen (secondary N) is 1. The van der Waals surface area contributed by atoms with Gasteiger partial charge in [-0.1, -0.05) is 12.8 Å². The molecule has 0 aliphatic heterocycles. The van der Waals surface area contributed by atoms with Crippen molar-refractivity contribution in [3.63, 3.8) is 0 Å². The summed E-state index contributed by atoms with van der Waals surface area (Å²) in [5, 5.41) is 3.63. The van der Waals surface area contributed by atoms with Crippen LogP contribution in [0.4, 0.5) is 0 Å². The van der Waals surface area contributed by atoms with E-state index >= 15 is 0 Å². The quantitative estimate of drug-likeness (QED) is 0.802. The van der Waals surface area contributed by atoms with Gasteiger partial charge in [-0.2, -0.15) is 0 Å². The van der Waals surface area contributed by atoms with Crippen molar-refractivity contribution >= 4 is 15.9 Å². The van der Waals surface area contributed by atoms with E-state index in [0.717, 1.165) is 22.5 Å². The van der Waals surface area contributed by atoms with E-state index in [2.05, 4.69) is 33.4 Å². The maximum Gasteiger partial charge on any atom is 0.175 e. The van der Waals surface area contributed by atoms with Crippen LogP contribution >= 0.6 is 15.9 Å². The third-order valence-corrected chi connectivity index (χ3v) is 4.20. The molecule has 0 radical (unpaired) electrons. The summed E-state index contributed by atoms with van der Waals surface area (Å²) < 4.78 is 12.3. The highest BCUT2D eigenvalue weighted by atomic mass is 79.9. The zero-order valence-corrected chi connectivity index (χ0v) is 14.0. The Morgan fingerprint density at radius 3 is 2.50 bits per heavy atom. The van der Waals surface area contributed by atoms with Crippen molar-refractivity contribution in [2.24, 2.45) is 0 Å². The van der Waals surface area contributed by atoms with Gasteiger partial charge < -0.3 is 14.8 Å². The normalized spacial score (nSPS) is 15.6. The van der Waals surface area contributed by atoms with Crippen molar-refractivity contribution in [2.75, 3.05) is 13.2 Å². The molecule has 1 fully saturated rings. The van der Waals surface area contributed by atoms with E-state index in [1.807, 2.05) is 13.8 Å². The standard InChI is InChI=1S/C16H24BrNO2/c1-3-19-15-10-12(9-14(17)16(15)20-4-2)11-18-13-7-5-6-8-13/h9-10,13,18H,3-8,11H2,1-2H3. The summed E-state index contributed by atoms with van der Waals surface area (Å²) in [6.07, 6.45) is 5.32. The van der Waals surface area contributed by atoms with E-state index in [1.54, 1.807) is 0 Å². The Hall–Kier alpha value is -0.740. The molecular formula is C16H24BrNO2. The van der Waals surface area contributed by atoms with Crippen molar-refractivity contribution < 1.29 is 9.47 Å². The van der Waals surface area contributed by atoms with Crippen LogP contribution in [-0.4, -0.2) is 19.3 Å². The molecule has 0 aromatic heterocycles. The van der Waals surface area contributed by atoms with Gasteiger partial charge >= 0.3 is 0 Å². The molecule has 0 amide bonds. The van der Waals surface area contributed by atoms with E-state index in [9.17, 15) is 0 Å². The fourth-order valence-electron chi connectivity index (χ4n) is 2.66. The van der Waals surface area contributed by atoms with Crippen molar-refractivity contribution in [1.82, 2.24) is 5.32 Å². The van der Waals surface area contributed by atoms with E-state index < -0.39 is 0 Å². The average molecular weight is 342 g/mol. The first kappa shape index (κ1) is 15.6. The van der Waals surface area contributed by atoms with Crippen molar-refractivity contribution in [3.05, 3.63) is 22.2 Å². The van der Waals surface area contributed by atoms with Gasteiger partial charge in [-0.05, 0) is 60.3 Å². The largest absolute Gasteiger partial charge is 0.490 e. The van der Waals surface area contributed by atoms with Crippen molar-refractivity contribution in [3.8, 4) is 11.5 Å². The molecule has 0 spiro atoms. The Bertz CT molecular complexity index is 431. The van der Waals surface area contributed by atoms with E-state index in [-0.39, 0.29) is 0 Å². The molecular weight excluding hydrogens is 318 g/mol. The summed E-state index contributed by atoms with van der Waals surface area (Å²) in [5.41, 5.74) is 1.23. The average Bonchev–Trinajstić information content (AvgIpc) is 2.94. The molecule has 0 bridgehead atoms. The van der Waals surface area contributed by atoms with Gasteiger partial charge in [0, 0.05) is 12.6 Å². The summed E-state index contributed by atoms with van der Waals surface area (Å²) >= 11 is 3.59. The van der Waals surface area contributed by atoms with Gasteiger partial charge in [-0.25, -0.2) is 0 Å². The minimum absolute atomic E-state index is 0.637. The fraction of sp³-hybridized carbons (Fsp3) is 0.625. The minimum Gasteiger partial charge on any atom is -0.490 e. The van der Waals surface area contributed by atoms with Crippen LogP contribution in [-0.2, 0) is 6.54 Å². The van der Waals surface area contributed by atoms with Gasteiger partial charge in [0.2, 0.25) is 0 Å². The van der Waals surface area contributed by atoms with Gasteiger partial charge in [-0.15, -0.1) is 0 Å². The molecule has 4 heteroatoms. The Labute approximate surface area is 130 Å². The zero-order chi connectivity index (χ0) is 14.4. The lowest BCUT2D eigenvalue weighted by Gasteiger charge is -2.16. The predicted octanol–water partition coefficient (Wildman–Crippen LogP) is 4.28. The number of ether oxygens (including phenoxy) is 2. The molecule has 1 aliphatic rings. The van der Waals surface area contributed by atoms with E-state index in [4.69, 9.17) is 9.47 Å². The molecule has 0 saturated heterocycles. The maximum absolute atomic E-state index is 5.70. The smallest absolute Gasteiger partial charge is 0.175 e. The van der Waals surface area contributed by atoms with Gasteiger partial charge in [0.1, 0.15) is 0 Å². The second kappa shape index (κ2) is 7.89. The van der Waals surface area contributed by atoms with Crippen molar-refractivity contribution in [2.45, 2.75) is 52.1 Å². The van der Waals surface area contributed by atoms with Gasteiger partial charge in [0.15, 0.2) is 11.5 Å². The number of halogens is 1. The van der Waals surface area contributed by atoms with Crippen LogP contribution in [0, 0.1) is 0 Å². The second-order valence-corrected chi connectivity index (χ2v) is 5.99. The van der Waals surface area contributed by atoms with Gasteiger partial charge in [-0.3, -0.25) is 0 Å². The molecule has 1 N–H and O–H groups in total. The number of hydrogen-bond donors (Lipinski definition) is 1. The number of hydrogen-bond acceptors (Lipinski definition) is 3. The summed E-state index contributed by atoms with van der Waals surface area (Å²) in [7, 11) is 0. The summed E-state index contributed by atoms with van der Waals surface area (Å²) in [6, 6.07) is 4.88. The molecule has 2 rings (SSSR count). The predicted molar refractivity (Wildman–Crippen MR) is 85.6 cm³/mol. The van der Waals surface area contributed by atoms with Gasteiger partial charge in [0.05, 0.1) is 17.7 Å². The van der Waals surface area contributed by atoms with Crippen molar-refractivity contribution in [1.29, 1.82) is 0 Å². The molecule has 0 heterocycles. The second-order valence-electron chi connectivity index (χ2n) is 5.13. The molecule has 1 aliphatic carbocycles. The molecule has 0 unspecified atom stereocenters. The third kappa shape index (κ3) is 4.13. The molecule has 1 saturated carbocycles. The lowest BCUT2D eigenvalue weighted by atomic mass is 10.1. The highest BCUT2D eigenvalue weighted by molar-refractivity contribution is 9.10. The van der Waals surface area contributed by atoms with Crippen LogP contribution in [0.2, 0.25) is 0 Å². The lowest BCUT2D eigenvalue weighted by Crippen LogP contribution is -2.25. The zero-order valence-electron chi connectivity index (χ0n) is 12.4. The molecule has 3 nitrogen and oxygen atoms in total. The molecule has 112 valence electrons. The molecule has 1 aromatic rings. The summed E-state index contributed by atoms with van der Waals surface area (Å²) in [4.78, 5) is 0. The van der Waals surface area contributed by atoms with Crippen LogP contribution in [0.5, 0.6) is 11.5 Å². The molecule has 1 aromatic carbocycles. The first-order valence-electron chi connectivity index (χ1n) is 7.56. The van der Waals surface area contributed by atoms with Crippen LogP contribution in [0.25, 0.3) is 0 Å². The summed E-state index contributed by atoms with van der Waals surface area (Å²) in [6.45, 7) is 6.14. The lowest BCUT2D eigenvalue weighted by molar-refractivity contribution is 0.286. The fourth-order valence-corrected chi connectivity index (χ4v) is 3.27. The Morgan fingerprint density at radius 1 is 1.15 bits per heavy atom. The Balaban J connectivity index is 2.08. The monoisotopic (exact) mass is 341 g/mol. The first-order valence-corrected chi connectivity index (χ1v) is 8.35. The maximum atomic E-state index is 5.70. The molecule has 20 heavy (non-hydrogen) atoms. The highest BCUT2D eigenvalue weighted by Gasteiger charge is 2.16. The molecule has 0 atom stereocenters. The van der Waals surface area contributed by atoms with Gasteiger partial charge in [0.25, 0.3) is 0 Å². The highest BCUT2D eigenvalue weighted by Crippen LogP contribution is 2.37. The summed E-state index contributed by atoms with van der Waals surface area (Å²) in [5.74, 6) is 1.63. The van der Waals surface area contributed by atoms with E-state index in [0.29, 0.717) is 19.3 Å². The van der Waals surface area contributed by atoms with E-state index in [1.165, 1.54) is 31.2 Å². The Kier molecular flexibility index (Phi) is 6.17. The van der Waals surface area contributed by atoms with Crippen LogP contribution in [0.1, 0.15) is 45.1 Å². The Morgan fingerprint density at radius 2 is 1.85 bits per heavy atom. The number of rotatable bonds is 7. The number of benzene rings is 1. The first-order chi connectivity index (χ1) is 9.74. The third-order valence-electron chi connectivity index (χ3n) is 3.61.